The van der Waals surface area contributed by atoms with Crippen LogP contribution in [-0.2, 0) is 0 Å². The zero-order valence-corrected chi connectivity index (χ0v) is 11.0. The second-order valence-electron chi connectivity index (χ2n) is 4.50. The minimum Gasteiger partial charge on any atom is -0.497 e. The Morgan fingerprint density at radius 2 is 1.85 bits per heavy atom. The first-order valence-corrected chi connectivity index (χ1v) is 6.25. The number of methoxy groups -OCH3 is 1. The van der Waals surface area contributed by atoms with Crippen LogP contribution in [0.5, 0.6) is 5.75 Å². The molecule has 0 saturated carbocycles. The van der Waals surface area contributed by atoms with Gasteiger partial charge in [0, 0.05) is 11.5 Å². The molecule has 0 spiro atoms. The summed E-state index contributed by atoms with van der Waals surface area (Å²) in [5.41, 5.74) is 6.59. The zero-order valence-electron chi connectivity index (χ0n) is 11.0. The van der Waals surface area contributed by atoms with Crippen LogP contribution in [0.15, 0.2) is 59.4 Å². The lowest BCUT2D eigenvalue weighted by atomic mass is 10.1. The number of nitrogens with two attached hydrogens (primary N) is 1. The lowest BCUT2D eigenvalue weighted by Crippen LogP contribution is -2.21. The molecule has 4 heteroatoms. The van der Waals surface area contributed by atoms with Gasteiger partial charge in [0.1, 0.15) is 11.6 Å². The summed E-state index contributed by atoms with van der Waals surface area (Å²) in [5.74, 6) is 1.09. The topological polar surface area (TPSA) is 57.2 Å². The van der Waals surface area contributed by atoms with Gasteiger partial charge in [-0.1, -0.05) is 24.3 Å². The summed E-state index contributed by atoms with van der Waals surface area (Å²) < 4.78 is 6.68. The largest absolute Gasteiger partial charge is 0.497 e. The number of aromatic nitrogens is 1. The molecule has 0 saturated heterocycles. The highest BCUT2D eigenvalue weighted by atomic mass is 16.5. The number of hydrogen-bond donors (Lipinski definition) is 1. The minimum atomic E-state index is -0.131. The Kier molecular flexibility index (Phi) is 2.91. The van der Waals surface area contributed by atoms with Crippen LogP contribution in [-0.4, -0.2) is 11.7 Å². The van der Waals surface area contributed by atoms with Crippen molar-refractivity contribution >= 4 is 16.6 Å². The van der Waals surface area contributed by atoms with Crippen molar-refractivity contribution in [3.63, 3.8) is 0 Å². The van der Waals surface area contributed by atoms with E-state index in [9.17, 15) is 4.79 Å². The van der Waals surface area contributed by atoms with Crippen LogP contribution < -0.4 is 16.0 Å². The van der Waals surface area contributed by atoms with Crippen molar-refractivity contribution in [2.75, 3.05) is 12.8 Å². The van der Waals surface area contributed by atoms with Gasteiger partial charge in [-0.3, -0.25) is 9.36 Å². The smallest absolute Gasteiger partial charge is 0.264 e. The molecule has 0 atom stereocenters. The Morgan fingerprint density at radius 1 is 1.05 bits per heavy atom. The number of rotatable bonds is 2. The van der Waals surface area contributed by atoms with Crippen molar-refractivity contribution in [3.8, 4) is 11.4 Å². The molecule has 0 amide bonds. The van der Waals surface area contributed by atoms with Crippen molar-refractivity contribution < 1.29 is 4.74 Å². The summed E-state index contributed by atoms with van der Waals surface area (Å²) in [6, 6.07) is 16.5. The molecule has 0 aliphatic rings. The van der Waals surface area contributed by atoms with E-state index in [1.807, 2.05) is 36.4 Å². The molecule has 100 valence electrons. The normalized spacial score (nSPS) is 10.7. The van der Waals surface area contributed by atoms with Gasteiger partial charge >= 0.3 is 0 Å². The molecule has 0 fully saturated rings. The van der Waals surface area contributed by atoms with Gasteiger partial charge in [-0.2, -0.15) is 0 Å². The first-order valence-electron chi connectivity index (χ1n) is 6.25. The third-order valence-electron chi connectivity index (χ3n) is 3.27. The molecule has 0 bridgehead atoms. The minimum absolute atomic E-state index is 0.131. The van der Waals surface area contributed by atoms with E-state index in [0.717, 1.165) is 5.39 Å². The van der Waals surface area contributed by atoms with Crippen molar-refractivity contribution in [1.29, 1.82) is 0 Å². The summed E-state index contributed by atoms with van der Waals surface area (Å²) in [4.78, 5) is 12.6. The maximum atomic E-state index is 12.6. The van der Waals surface area contributed by atoms with E-state index in [-0.39, 0.29) is 5.56 Å². The van der Waals surface area contributed by atoms with Crippen molar-refractivity contribution in [3.05, 3.63) is 65.0 Å². The fourth-order valence-corrected chi connectivity index (χ4v) is 2.30. The molecule has 3 aromatic rings. The first-order chi connectivity index (χ1) is 9.70. The van der Waals surface area contributed by atoms with E-state index in [1.165, 1.54) is 4.57 Å². The molecule has 0 radical (unpaired) electrons. The number of nitrogens with zero attached hydrogens (tertiary/aromatic N) is 1. The number of hydrogen-bond acceptors (Lipinski definition) is 3. The van der Waals surface area contributed by atoms with Crippen molar-refractivity contribution in [1.82, 2.24) is 4.57 Å². The quantitative estimate of drug-likeness (QED) is 0.775. The lowest BCUT2D eigenvalue weighted by molar-refractivity contribution is 0.414. The molecule has 4 nitrogen and oxygen atoms in total. The van der Waals surface area contributed by atoms with Crippen LogP contribution in [0.25, 0.3) is 16.5 Å². The van der Waals surface area contributed by atoms with Gasteiger partial charge in [0.15, 0.2) is 0 Å². The summed E-state index contributed by atoms with van der Waals surface area (Å²) in [5, 5.41) is 1.48. The van der Waals surface area contributed by atoms with E-state index in [2.05, 4.69) is 0 Å². The lowest BCUT2D eigenvalue weighted by Gasteiger charge is -2.12. The standard InChI is InChI=1S/C16H14N2O2/c1-20-13-7-4-6-12(10-13)18-15(17)9-11-5-2-3-8-14(11)16(18)19/h2-10H,17H2,1H3. The van der Waals surface area contributed by atoms with E-state index >= 15 is 0 Å². The van der Waals surface area contributed by atoms with E-state index in [0.29, 0.717) is 22.6 Å². The highest BCUT2D eigenvalue weighted by Crippen LogP contribution is 2.20. The molecule has 0 unspecified atom stereocenters. The van der Waals surface area contributed by atoms with Gasteiger partial charge in [-0.15, -0.1) is 0 Å². The monoisotopic (exact) mass is 266 g/mol. The van der Waals surface area contributed by atoms with Gasteiger partial charge in [0.2, 0.25) is 0 Å². The third-order valence-corrected chi connectivity index (χ3v) is 3.27. The molecule has 3 rings (SSSR count). The maximum absolute atomic E-state index is 12.6. The van der Waals surface area contributed by atoms with Crippen LogP contribution in [0.3, 0.4) is 0 Å². The van der Waals surface area contributed by atoms with E-state index < -0.39 is 0 Å². The van der Waals surface area contributed by atoms with Crippen molar-refractivity contribution in [2.45, 2.75) is 0 Å². The molecular formula is C16H14N2O2. The van der Waals surface area contributed by atoms with Crippen LogP contribution in [0.2, 0.25) is 0 Å². The zero-order chi connectivity index (χ0) is 14.1. The highest BCUT2D eigenvalue weighted by Gasteiger charge is 2.09. The Bertz CT molecular complexity index is 837. The Balaban J connectivity index is 2.33. The average molecular weight is 266 g/mol. The third kappa shape index (κ3) is 1.91. The van der Waals surface area contributed by atoms with Crippen LogP contribution in [0.1, 0.15) is 0 Å². The molecular weight excluding hydrogens is 252 g/mol. The van der Waals surface area contributed by atoms with Crippen LogP contribution >= 0.6 is 0 Å². The maximum Gasteiger partial charge on any atom is 0.264 e. The molecule has 1 heterocycles. The van der Waals surface area contributed by atoms with Crippen molar-refractivity contribution in [2.24, 2.45) is 0 Å². The fraction of sp³-hybridized carbons (Fsp3) is 0.0625. The number of pyridine rings is 1. The predicted molar refractivity (Wildman–Crippen MR) is 80.5 cm³/mol. The number of benzene rings is 2. The summed E-state index contributed by atoms with van der Waals surface area (Å²) in [6.07, 6.45) is 0. The number of fused-ring (bicyclic) bond motifs is 1. The first kappa shape index (κ1) is 12.3. The Morgan fingerprint density at radius 3 is 2.65 bits per heavy atom. The summed E-state index contributed by atoms with van der Waals surface area (Å²) >= 11 is 0. The second-order valence-corrected chi connectivity index (χ2v) is 4.50. The number of nitrogen functional groups attached to an aromatic ring is 1. The molecule has 2 aromatic carbocycles. The fourth-order valence-electron chi connectivity index (χ4n) is 2.30. The predicted octanol–water partition coefficient (Wildman–Crippen LogP) is 2.58. The highest BCUT2D eigenvalue weighted by molar-refractivity contribution is 5.84. The van der Waals surface area contributed by atoms with E-state index in [1.54, 1.807) is 25.3 Å². The molecule has 20 heavy (non-hydrogen) atoms. The van der Waals surface area contributed by atoms with Gasteiger partial charge in [-0.25, -0.2) is 0 Å². The molecule has 2 N–H and O–H groups in total. The molecule has 1 aromatic heterocycles. The summed E-state index contributed by atoms with van der Waals surface area (Å²) in [6.45, 7) is 0. The Hall–Kier alpha value is -2.75. The molecule has 0 aliphatic heterocycles. The van der Waals surface area contributed by atoms with E-state index in [4.69, 9.17) is 10.5 Å². The van der Waals surface area contributed by atoms with Crippen LogP contribution in [0.4, 0.5) is 5.82 Å². The number of ether oxygens (including phenoxy) is 1. The Labute approximate surface area is 116 Å². The summed E-state index contributed by atoms with van der Waals surface area (Å²) in [7, 11) is 1.59. The number of anilines is 1. The van der Waals surface area contributed by atoms with Gasteiger partial charge in [-0.05, 0) is 29.7 Å². The van der Waals surface area contributed by atoms with Crippen LogP contribution in [0, 0.1) is 0 Å². The van der Waals surface area contributed by atoms with Gasteiger partial charge in [0.05, 0.1) is 12.8 Å². The second kappa shape index (κ2) is 4.74. The SMILES string of the molecule is COc1cccc(-n2c(N)cc3ccccc3c2=O)c1. The van der Waals surface area contributed by atoms with Gasteiger partial charge < -0.3 is 10.5 Å². The molecule has 0 aliphatic carbocycles. The average Bonchev–Trinajstić information content (AvgIpc) is 2.47. The van der Waals surface area contributed by atoms with Gasteiger partial charge in [0.25, 0.3) is 5.56 Å².